The summed E-state index contributed by atoms with van der Waals surface area (Å²) in [7, 11) is 0. The Kier molecular flexibility index (Phi) is 44.6. The van der Waals surface area contributed by atoms with Gasteiger partial charge in [-0.15, -0.1) is 0 Å². The second kappa shape index (κ2) is 46.2. The van der Waals surface area contributed by atoms with Gasteiger partial charge in [-0.25, -0.2) is 0 Å². The molecule has 0 heterocycles. The molecule has 0 spiro atoms. The van der Waals surface area contributed by atoms with Gasteiger partial charge in [0.25, 0.3) is 0 Å². The lowest BCUT2D eigenvalue weighted by Gasteiger charge is -2.24. The lowest BCUT2D eigenvalue weighted by Crippen LogP contribution is -2.46. The first kappa shape index (κ1) is 56.1. The number of carbonyl (C=O) groups excluding carboxylic acids is 2. The van der Waals surface area contributed by atoms with Gasteiger partial charge < -0.3 is 20.3 Å². The van der Waals surface area contributed by atoms with Crippen LogP contribution in [0.25, 0.3) is 0 Å². The van der Waals surface area contributed by atoms with E-state index in [1.165, 1.54) is 148 Å². The van der Waals surface area contributed by atoms with Gasteiger partial charge in [0.15, 0.2) is 0 Å². The van der Waals surface area contributed by atoms with Gasteiger partial charge in [-0.3, -0.25) is 9.59 Å². The van der Waals surface area contributed by atoms with E-state index in [2.05, 4.69) is 62.5 Å². The average molecular weight is 816 g/mol. The second-order valence-corrected chi connectivity index (χ2v) is 17.3. The van der Waals surface area contributed by atoms with Gasteiger partial charge in [0.1, 0.15) is 6.10 Å². The number of aliphatic hydroxyl groups is 2. The van der Waals surface area contributed by atoms with Crippen LogP contribution < -0.4 is 5.32 Å². The highest BCUT2D eigenvalue weighted by Crippen LogP contribution is 2.18. The smallest absolute Gasteiger partial charge is 0.306 e. The molecule has 58 heavy (non-hydrogen) atoms. The maximum Gasteiger partial charge on any atom is 0.306 e. The first-order valence-corrected chi connectivity index (χ1v) is 25.2. The maximum absolute atomic E-state index is 13.1. The predicted octanol–water partition coefficient (Wildman–Crippen LogP) is 14.9. The van der Waals surface area contributed by atoms with Crippen LogP contribution in [0.4, 0.5) is 0 Å². The summed E-state index contributed by atoms with van der Waals surface area (Å²) in [6.07, 6.45) is 53.6. The van der Waals surface area contributed by atoms with E-state index in [0.29, 0.717) is 19.3 Å². The Morgan fingerprint density at radius 3 is 1.40 bits per heavy atom. The Morgan fingerprint density at radius 1 is 0.517 bits per heavy atom. The largest absolute Gasteiger partial charge is 0.462 e. The molecule has 0 radical (unpaired) electrons. The van der Waals surface area contributed by atoms with E-state index in [0.717, 1.165) is 64.2 Å². The molecule has 0 bridgehead atoms. The minimum absolute atomic E-state index is 0.0747. The zero-order chi connectivity index (χ0) is 42.4. The van der Waals surface area contributed by atoms with Crippen molar-refractivity contribution in [3.05, 3.63) is 36.5 Å². The lowest BCUT2D eigenvalue weighted by atomic mass is 10.0. The number of esters is 1. The van der Waals surface area contributed by atoms with Crippen LogP contribution in [0.3, 0.4) is 0 Å². The number of hydrogen-bond donors (Lipinski definition) is 3. The molecule has 0 aliphatic rings. The summed E-state index contributed by atoms with van der Waals surface area (Å²) in [6, 6.07) is -0.699. The van der Waals surface area contributed by atoms with E-state index < -0.39 is 18.2 Å². The molecule has 340 valence electrons. The fraction of sp³-hybridized carbons (Fsp3) is 0.846. The summed E-state index contributed by atoms with van der Waals surface area (Å²) in [5, 5.41) is 23.7. The van der Waals surface area contributed by atoms with E-state index in [4.69, 9.17) is 4.74 Å². The van der Waals surface area contributed by atoms with Gasteiger partial charge in [-0.1, -0.05) is 237 Å². The fourth-order valence-electron chi connectivity index (χ4n) is 7.73. The van der Waals surface area contributed by atoms with Crippen molar-refractivity contribution in [3.63, 3.8) is 0 Å². The zero-order valence-corrected chi connectivity index (χ0v) is 38.7. The van der Waals surface area contributed by atoms with Crippen LogP contribution in [0.2, 0.25) is 0 Å². The number of aliphatic hydroxyl groups excluding tert-OH is 2. The van der Waals surface area contributed by atoms with Crippen LogP contribution in [-0.4, -0.2) is 46.9 Å². The Bertz CT molecular complexity index is 961. The van der Waals surface area contributed by atoms with E-state index in [1.54, 1.807) is 0 Å². The SMILES string of the molecule is CC/C=C/C=C/C=C/CCCCCCCCCC(=O)OC(CCCCCCCCC)CC(=O)NC(CO)C(O)CCCCCCCCCCCCCCCCCCC. The number of carbonyl (C=O) groups is 2. The lowest BCUT2D eigenvalue weighted by molar-refractivity contribution is -0.151. The van der Waals surface area contributed by atoms with E-state index in [-0.39, 0.29) is 24.9 Å². The molecule has 3 N–H and O–H groups in total. The topological polar surface area (TPSA) is 95.9 Å². The van der Waals surface area contributed by atoms with Crippen LogP contribution in [0.15, 0.2) is 36.5 Å². The van der Waals surface area contributed by atoms with E-state index in [1.807, 2.05) is 0 Å². The Morgan fingerprint density at radius 2 is 0.931 bits per heavy atom. The molecule has 0 saturated heterocycles. The van der Waals surface area contributed by atoms with Gasteiger partial charge in [0, 0.05) is 6.42 Å². The molecular formula is C52H97NO5. The first-order chi connectivity index (χ1) is 28.5. The minimum atomic E-state index is -0.786. The number of unbranched alkanes of at least 4 members (excludes halogenated alkanes) is 29. The van der Waals surface area contributed by atoms with Crippen LogP contribution in [-0.2, 0) is 14.3 Å². The maximum atomic E-state index is 13.1. The van der Waals surface area contributed by atoms with E-state index >= 15 is 0 Å². The van der Waals surface area contributed by atoms with Crippen molar-refractivity contribution in [1.29, 1.82) is 0 Å². The third-order valence-electron chi connectivity index (χ3n) is 11.5. The van der Waals surface area contributed by atoms with Crippen LogP contribution in [0, 0.1) is 0 Å². The summed E-state index contributed by atoms with van der Waals surface area (Å²) in [5.41, 5.74) is 0. The standard InChI is InChI=1S/C52H97NO5/c1-4-7-10-13-16-18-20-22-24-25-27-28-30-32-35-38-41-44-50(55)49(47-54)53-51(56)46-48(43-40-37-34-15-12-9-6-3)58-52(57)45-42-39-36-33-31-29-26-23-21-19-17-14-11-8-5-2/h8,11,14,17,19,21,48-50,54-55H,4-7,9-10,12-13,15-16,18,20,22-47H2,1-3H3,(H,53,56)/b11-8+,17-14+,21-19+. The number of allylic oxidation sites excluding steroid dienone is 6. The van der Waals surface area contributed by atoms with Crippen LogP contribution >= 0.6 is 0 Å². The molecule has 1 amide bonds. The number of rotatable bonds is 45. The highest BCUT2D eigenvalue weighted by molar-refractivity contribution is 5.77. The molecule has 0 rings (SSSR count). The molecule has 0 aliphatic heterocycles. The van der Waals surface area contributed by atoms with Gasteiger partial charge >= 0.3 is 5.97 Å². The van der Waals surface area contributed by atoms with Crippen molar-refractivity contribution >= 4 is 11.9 Å². The Hall–Kier alpha value is -1.92. The molecule has 3 unspecified atom stereocenters. The second-order valence-electron chi connectivity index (χ2n) is 17.3. The third kappa shape index (κ3) is 40.8. The van der Waals surface area contributed by atoms with Crippen molar-refractivity contribution in [2.75, 3.05) is 6.61 Å². The van der Waals surface area contributed by atoms with Crippen molar-refractivity contribution in [2.24, 2.45) is 0 Å². The molecule has 0 aliphatic carbocycles. The quantitative estimate of drug-likeness (QED) is 0.0323. The molecule has 0 aromatic rings. The Labute approximate surface area is 360 Å². The predicted molar refractivity (Wildman–Crippen MR) is 250 cm³/mol. The number of amides is 1. The summed E-state index contributed by atoms with van der Waals surface area (Å²) in [4.78, 5) is 26.0. The molecule has 0 saturated carbocycles. The highest BCUT2D eigenvalue weighted by Gasteiger charge is 2.24. The van der Waals surface area contributed by atoms with Crippen molar-refractivity contribution in [2.45, 2.75) is 277 Å². The molecule has 6 nitrogen and oxygen atoms in total. The third-order valence-corrected chi connectivity index (χ3v) is 11.5. The molecule has 0 aromatic carbocycles. The summed E-state index contributed by atoms with van der Waals surface area (Å²) in [5.74, 6) is -0.485. The van der Waals surface area contributed by atoms with Gasteiger partial charge in [-0.05, 0) is 44.9 Å². The van der Waals surface area contributed by atoms with Crippen molar-refractivity contribution in [1.82, 2.24) is 5.32 Å². The number of nitrogens with one attached hydrogen (secondary N) is 1. The van der Waals surface area contributed by atoms with E-state index in [9.17, 15) is 19.8 Å². The van der Waals surface area contributed by atoms with Crippen molar-refractivity contribution < 1.29 is 24.5 Å². The molecule has 0 fully saturated rings. The first-order valence-electron chi connectivity index (χ1n) is 25.2. The highest BCUT2D eigenvalue weighted by atomic mass is 16.5. The molecule has 3 atom stereocenters. The normalized spacial score (nSPS) is 13.5. The Balaban J connectivity index is 4.34. The molecular weight excluding hydrogens is 719 g/mol. The van der Waals surface area contributed by atoms with Crippen LogP contribution in [0.1, 0.15) is 258 Å². The number of ether oxygens (including phenoxy) is 1. The minimum Gasteiger partial charge on any atom is -0.462 e. The van der Waals surface area contributed by atoms with Gasteiger partial charge in [0.05, 0.1) is 25.2 Å². The summed E-state index contributed by atoms with van der Waals surface area (Å²) in [6.45, 7) is 6.33. The summed E-state index contributed by atoms with van der Waals surface area (Å²) >= 11 is 0. The fourth-order valence-corrected chi connectivity index (χ4v) is 7.73. The van der Waals surface area contributed by atoms with Gasteiger partial charge in [-0.2, -0.15) is 0 Å². The monoisotopic (exact) mass is 816 g/mol. The van der Waals surface area contributed by atoms with Crippen molar-refractivity contribution in [3.8, 4) is 0 Å². The molecule has 0 aromatic heterocycles. The average Bonchev–Trinajstić information content (AvgIpc) is 3.21. The zero-order valence-electron chi connectivity index (χ0n) is 38.7. The number of hydrogen-bond acceptors (Lipinski definition) is 5. The molecule has 6 heteroatoms. The van der Waals surface area contributed by atoms with Gasteiger partial charge in [0.2, 0.25) is 5.91 Å². The van der Waals surface area contributed by atoms with Crippen LogP contribution in [0.5, 0.6) is 0 Å². The summed E-state index contributed by atoms with van der Waals surface area (Å²) < 4.78 is 5.89.